The van der Waals surface area contributed by atoms with Crippen LogP contribution in [0.3, 0.4) is 0 Å². The first-order valence-electron chi connectivity index (χ1n) is 7.13. The van der Waals surface area contributed by atoms with Gasteiger partial charge in [0.1, 0.15) is 11.6 Å². The Balaban J connectivity index is 1.66. The summed E-state index contributed by atoms with van der Waals surface area (Å²) in [5.74, 6) is -0.139. The van der Waals surface area contributed by atoms with E-state index in [0.29, 0.717) is 23.6 Å². The predicted octanol–water partition coefficient (Wildman–Crippen LogP) is 2.32. The third-order valence-corrected chi connectivity index (χ3v) is 4.93. The van der Waals surface area contributed by atoms with Gasteiger partial charge in [0, 0.05) is 17.4 Å². The Hall–Kier alpha value is -2.08. The van der Waals surface area contributed by atoms with Gasteiger partial charge in [-0.2, -0.15) is 0 Å². The summed E-state index contributed by atoms with van der Waals surface area (Å²) in [6.07, 6.45) is 0.851. The Bertz CT molecular complexity index is 702. The zero-order valence-electron chi connectivity index (χ0n) is 11.9. The number of amides is 3. The smallest absolute Gasteiger partial charge is 0.329 e. The van der Waals surface area contributed by atoms with Crippen molar-refractivity contribution in [1.29, 1.82) is 0 Å². The minimum atomic E-state index is -0.886. The van der Waals surface area contributed by atoms with Crippen LogP contribution < -0.4 is 10.2 Å². The van der Waals surface area contributed by atoms with E-state index in [1.54, 1.807) is 24.3 Å². The number of oxime groups is 1. The number of imide groups is 1. The molecule has 4 rings (SSSR count). The van der Waals surface area contributed by atoms with Crippen LogP contribution in [0.5, 0.6) is 0 Å². The summed E-state index contributed by atoms with van der Waals surface area (Å²) < 4.78 is 0. The van der Waals surface area contributed by atoms with E-state index in [-0.39, 0.29) is 17.9 Å². The maximum atomic E-state index is 12.9. The molecule has 7 heteroatoms. The molecule has 0 radical (unpaired) electrons. The lowest BCUT2D eigenvalue weighted by Crippen LogP contribution is -2.45. The third-order valence-electron chi connectivity index (χ3n) is 4.68. The van der Waals surface area contributed by atoms with E-state index in [2.05, 4.69) is 10.5 Å². The fourth-order valence-electron chi connectivity index (χ4n) is 3.54. The highest BCUT2D eigenvalue weighted by Gasteiger charge is 2.61. The monoisotopic (exact) mass is 319 g/mol. The van der Waals surface area contributed by atoms with E-state index in [9.17, 15) is 9.59 Å². The topological polar surface area (TPSA) is 71.0 Å². The fourth-order valence-corrected chi connectivity index (χ4v) is 3.67. The normalized spacial score (nSPS) is 33.0. The molecule has 2 heterocycles. The van der Waals surface area contributed by atoms with Gasteiger partial charge in [-0.3, -0.25) is 4.79 Å². The Labute approximate surface area is 132 Å². The summed E-state index contributed by atoms with van der Waals surface area (Å²) in [6.45, 7) is 1.89. The van der Waals surface area contributed by atoms with Crippen LogP contribution in [0.4, 0.5) is 10.5 Å². The number of carbonyl (C=O) groups is 2. The first-order chi connectivity index (χ1) is 10.5. The van der Waals surface area contributed by atoms with E-state index in [1.807, 2.05) is 6.92 Å². The van der Waals surface area contributed by atoms with Gasteiger partial charge < -0.3 is 10.2 Å². The van der Waals surface area contributed by atoms with Gasteiger partial charge in [0.2, 0.25) is 0 Å². The summed E-state index contributed by atoms with van der Waals surface area (Å²) in [4.78, 5) is 31.7. The Morgan fingerprint density at radius 1 is 1.32 bits per heavy atom. The van der Waals surface area contributed by atoms with Gasteiger partial charge in [-0.25, -0.2) is 9.69 Å². The molecule has 1 saturated carbocycles. The van der Waals surface area contributed by atoms with E-state index in [4.69, 9.17) is 16.4 Å². The van der Waals surface area contributed by atoms with Crippen molar-refractivity contribution in [2.45, 2.75) is 31.4 Å². The lowest BCUT2D eigenvalue weighted by Gasteiger charge is -2.21. The summed E-state index contributed by atoms with van der Waals surface area (Å²) >= 11 is 5.86. The molecule has 2 fully saturated rings. The average molecular weight is 320 g/mol. The SMILES string of the molecule is CC1=NO[C@H]2C[C@@]3(C[C@@H]12)NC(=O)N(c1ccc(Cl)cc1)C3=O. The number of rotatable bonds is 1. The highest BCUT2D eigenvalue weighted by Crippen LogP contribution is 2.44. The second-order valence-electron chi connectivity index (χ2n) is 6.02. The van der Waals surface area contributed by atoms with Crippen LogP contribution in [-0.2, 0) is 9.63 Å². The predicted molar refractivity (Wildman–Crippen MR) is 80.9 cm³/mol. The molecule has 0 aromatic heterocycles. The van der Waals surface area contributed by atoms with E-state index < -0.39 is 11.6 Å². The molecule has 3 aliphatic rings. The number of urea groups is 1. The van der Waals surface area contributed by atoms with Gasteiger partial charge in [-0.15, -0.1) is 0 Å². The molecule has 1 spiro atoms. The van der Waals surface area contributed by atoms with Crippen molar-refractivity contribution >= 4 is 34.9 Å². The van der Waals surface area contributed by atoms with E-state index in [0.717, 1.165) is 5.71 Å². The second-order valence-corrected chi connectivity index (χ2v) is 6.46. The Morgan fingerprint density at radius 2 is 2.05 bits per heavy atom. The number of hydrogen-bond donors (Lipinski definition) is 1. The van der Waals surface area contributed by atoms with Crippen LogP contribution in [0, 0.1) is 5.92 Å². The van der Waals surface area contributed by atoms with Crippen LogP contribution in [0.2, 0.25) is 5.02 Å². The zero-order valence-corrected chi connectivity index (χ0v) is 12.6. The highest BCUT2D eigenvalue weighted by molar-refractivity contribution is 6.31. The van der Waals surface area contributed by atoms with Crippen LogP contribution in [0.1, 0.15) is 19.8 Å². The first-order valence-corrected chi connectivity index (χ1v) is 7.50. The minimum absolute atomic E-state index is 0.0921. The molecule has 22 heavy (non-hydrogen) atoms. The van der Waals surface area contributed by atoms with Crippen molar-refractivity contribution in [3.8, 4) is 0 Å². The number of fused-ring (bicyclic) bond motifs is 1. The number of nitrogens with zero attached hydrogens (tertiary/aromatic N) is 2. The number of halogens is 1. The second kappa shape index (κ2) is 4.46. The summed E-state index contributed by atoms with van der Waals surface area (Å²) in [5.41, 5.74) is 0.518. The molecule has 3 atom stereocenters. The Kier molecular flexibility index (Phi) is 2.75. The van der Waals surface area contributed by atoms with Crippen LogP contribution in [0.25, 0.3) is 0 Å². The van der Waals surface area contributed by atoms with E-state index >= 15 is 0 Å². The van der Waals surface area contributed by atoms with Gasteiger partial charge in [0.15, 0.2) is 0 Å². The lowest BCUT2D eigenvalue weighted by atomic mass is 9.94. The van der Waals surface area contributed by atoms with Crippen LogP contribution in [-0.4, -0.2) is 29.3 Å². The molecule has 1 aromatic carbocycles. The van der Waals surface area contributed by atoms with Gasteiger partial charge in [-0.1, -0.05) is 16.8 Å². The molecule has 114 valence electrons. The van der Waals surface area contributed by atoms with E-state index in [1.165, 1.54) is 4.90 Å². The Morgan fingerprint density at radius 3 is 2.73 bits per heavy atom. The van der Waals surface area contributed by atoms with Crippen LogP contribution in [0.15, 0.2) is 29.4 Å². The van der Waals surface area contributed by atoms with Crippen molar-refractivity contribution in [3.63, 3.8) is 0 Å². The maximum absolute atomic E-state index is 12.9. The van der Waals surface area contributed by atoms with Gasteiger partial charge >= 0.3 is 6.03 Å². The van der Waals surface area contributed by atoms with Crippen molar-refractivity contribution in [2.75, 3.05) is 4.90 Å². The van der Waals surface area contributed by atoms with Crippen molar-refractivity contribution < 1.29 is 14.4 Å². The maximum Gasteiger partial charge on any atom is 0.329 e. The highest BCUT2D eigenvalue weighted by atomic mass is 35.5. The molecule has 0 bridgehead atoms. The molecular formula is C15H14ClN3O3. The molecule has 1 saturated heterocycles. The minimum Gasteiger partial charge on any atom is -0.392 e. The number of anilines is 1. The molecule has 2 aliphatic heterocycles. The average Bonchev–Trinajstić information content (AvgIpc) is 3.08. The summed E-state index contributed by atoms with van der Waals surface area (Å²) in [7, 11) is 0. The molecule has 1 aromatic rings. The van der Waals surface area contributed by atoms with Crippen molar-refractivity contribution in [1.82, 2.24) is 5.32 Å². The molecule has 0 unspecified atom stereocenters. The van der Waals surface area contributed by atoms with Crippen LogP contribution >= 0.6 is 11.6 Å². The summed E-state index contributed by atoms with van der Waals surface area (Å²) in [6, 6.07) is 6.24. The molecule has 1 N–H and O–H groups in total. The largest absolute Gasteiger partial charge is 0.392 e. The molecular weight excluding hydrogens is 306 g/mol. The number of hydrogen-bond acceptors (Lipinski definition) is 4. The van der Waals surface area contributed by atoms with Gasteiger partial charge in [-0.05, 0) is 37.6 Å². The summed E-state index contributed by atoms with van der Waals surface area (Å²) in [5, 5.41) is 7.39. The quantitative estimate of drug-likeness (QED) is 0.807. The zero-order chi connectivity index (χ0) is 15.5. The number of benzene rings is 1. The molecule has 3 amide bonds. The lowest BCUT2D eigenvalue weighted by molar-refractivity contribution is -0.122. The number of carbonyl (C=O) groups excluding carboxylic acids is 2. The number of nitrogens with one attached hydrogen (secondary N) is 1. The fraction of sp³-hybridized carbons (Fsp3) is 0.400. The standard InChI is InChI=1S/C15H14ClN3O3/c1-8-11-6-15(7-12(11)22-18-8)13(20)19(14(21)17-15)10-4-2-9(16)3-5-10/h2-5,11-12H,6-7H2,1H3,(H,17,21)/t11-,12-,15+/m0/s1. The first kappa shape index (κ1) is 13.6. The van der Waals surface area contributed by atoms with Crippen molar-refractivity contribution in [3.05, 3.63) is 29.3 Å². The molecule has 1 aliphatic carbocycles. The van der Waals surface area contributed by atoms with Gasteiger partial charge in [0.25, 0.3) is 5.91 Å². The van der Waals surface area contributed by atoms with Crippen molar-refractivity contribution in [2.24, 2.45) is 11.1 Å². The van der Waals surface area contributed by atoms with Gasteiger partial charge in [0.05, 0.1) is 11.4 Å². The molecule has 6 nitrogen and oxygen atoms in total. The third kappa shape index (κ3) is 1.76.